The van der Waals surface area contributed by atoms with Crippen molar-refractivity contribution in [2.45, 2.75) is 6.92 Å². The highest BCUT2D eigenvalue weighted by molar-refractivity contribution is 6.31. The normalized spacial score (nSPS) is 10.0. The van der Waals surface area contributed by atoms with Crippen LogP contribution in [0.15, 0.2) is 36.4 Å². The van der Waals surface area contributed by atoms with Gasteiger partial charge in [0.05, 0.1) is 7.11 Å². The molecule has 142 valence electrons. The van der Waals surface area contributed by atoms with E-state index in [2.05, 4.69) is 5.32 Å². The highest BCUT2D eigenvalue weighted by Gasteiger charge is 2.12. The van der Waals surface area contributed by atoms with Crippen LogP contribution in [0.25, 0.3) is 0 Å². The summed E-state index contributed by atoms with van der Waals surface area (Å²) in [5, 5.41) is 3.10. The van der Waals surface area contributed by atoms with Crippen molar-refractivity contribution in [3.05, 3.63) is 52.5 Å². The Bertz CT molecular complexity index is 852. The average Bonchev–Trinajstić information content (AvgIpc) is 2.67. The molecule has 0 aromatic heterocycles. The Morgan fingerprint density at radius 2 is 1.89 bits per heavy atom. The van der Waals surface area contributed by atoms with Gasteiger partial charge >= 0.3 is 5.97 Å². The first-order valence-electron chi connectivity index (χ1n) is 7.90. The number of halogens is 1. The molecular formula is C19H18ClNO6. The highest BCUT2D eigenvalue weighted by Crippen LogP contribution is 2.27. The molecule has 7 nitrogen and oxygen atoms in total. The maximum Gasteiger partial charge on any atom is 0.344 e. The zero-order chi connectivity index (χ0) is 19.8. The second-order valence-corrected chi connectivity index (χ2v) is 5.92. The van der Waals surface area contributed by atoms with Crippen LogP contribution in [-0.4, -0.2) is 38.5 Å². The number of hydrogen-bond acceptors (Lipinski definition) is 6. The second kappa shape index (κ2) is 9.59. The SMILES string of the molecule is COc1cc(C=O)ccc1OCC(=O)OCC(=O)Nc1cc(Cl)ccc1C. The molecule has 0 heterocycles. The summed E-state index contributed by atoms with van der Waals surface area (Å²) in [6.45, 7) is 0.935. The molecule has 0 unspecified atom stereocenters. The second-order valence-electron chi connectivity index (χ2n) is 5.48. The number of rotatable bonds is 8. The van der Waals surface area contributed by atoms with Crippen LogP contribution in [0.2, 0.25) is 5.02 Å². The van der Waals surface area contributed by atoms with E-state index in [4.69, 9.17) is 25.8 Å². The average molecular weight is 392 g/mol. The molecule has 0 aliphatic carbocycles. The van der Waals surface area contributed by atoms with Crippen molar-refractivity contribution in [1.82, 2.24) is 0 Å². The zero-order valence-corrected chi connectivity index (χ0v) is 15.5. The fourth-order valence-corrected chi connectivity index (χ4v) is 2.29. The van der Waals surface area contributed by atoms with Crippen LogP contribution in [0.3, 0.4) is 0 Å². The van der Waals surface area contributed by atoms with E-state index >= 15 is 0 Å². The molecule has 0 atom stereocenters. The van der Waals surface area contributed by atoms with Crippen LogP contribution >= 0.6 is 11.6 Å². The first-order chi connectivity index (χ1) is 12.9. The van der Waals surface area contributed by atoms with Crippen molar-refractivity contribution in [3.63, 3.8) is 0 Å². The van der Waals surface area contributed by atoms with Crippen molar-refractivity contribution in [2.24, 2.45) is 0 Å². The molecule has 0 fully saturated rings. The number of carbonyl (C=O) groups excluding carboxylic acids is 3. The van der Waals surface area contributed by atoms with Gasteiger partial charge in [0, 0.05) is 16.3 Å². The van der Waals surface area contributed by atoms with Crippen molar-refractivity contribution < 1.29 is 28.6 Å². The molecule has 8 heteroatoms. The van der Waals surface area contributed by atoms with Gasteiger partial charge in [-0.15, -0.1) is 0 Å². The molecule has 0 aliphatic heterocycles. The van der Waals surface area contributed by atoms with E-state index in [1.807, 2.05) is 6.92 Å². The molecule has 0 bridgehead atoms. The number of amides is 1. The van der Waals surface area contributed by atoms with Crippen molar-refractivity contribution in [1.29, 1.82) is 0 Å². The smallest absolute Gasteiger partial charge is 0.344 e. The third kappa shape index (κ3) is 6.00. The monoisotopic (exact) mass is 391 g/mol. The number of hydrogen-bond donors (Lipinski definition) is 1. The maximum atomic E-state index is 11.9. The molecule has 0 saturated heterocycles. The van der Waals surface area contributed by atoms with E-state index in [1.54, 1.807) is 18.2 Å². The first kappa shape index (κ1) is 20.3. The van der Waals surface area contributed by atoms with E-state index in [9.17, 15) is 14.4 Å². The molecular weight excluding hydrogens is 374 g/mol. The third-order valence-electron chi connectivity index (χ3n) is 3.51. The molecule has 27 heavy (non-hydrogen) atoms. The molecule has 2 rings (SSSR count). The lowest BCUT2D eigenvalue weighted by atomic mass is 10.2. The largest absolute Gasteiger partial charge is 0.493 e. The van der Waals surface area contributed by atoms with Gasteiger partial charge in [-0.2, -0.15) is 0 Å². The van der Waals surface area contributed by atoms with Crippen molar-refractivity contribution in [3.8, 4) is 11.5 Å². The van der Waals surface area contributed by atoms with Gasteiger partial charge in [0.1, 0.15) is 6.29 Å². The first-order valence-corrected chi connectivity index (χ1v) is 8.28. The van der Waals surface area contributed by atoms with Gasteiger partial charge in [-0.05, 0) is 42.8 Å². The minimum atomic E-state index is -0.727. The van der Waals surface area contributed by atoms with Gasteiger partial charge < -0.3 is 19.5 Å². The number of methoxy groups -OCH3 is 1. The fourth-order valence-electron chi connectivity index (χ4n) is 2.12. The Morgan fingerprint density at radius 3 is 2.59 bits per heavy atom. The Morgan fingerprint density at radius 1 is 1.11 bits per heavy atom. The number of carbonyl (C=O) groups is 3. The summed E-state index contributed by atoms with van der Waals surface area (Å²) in [6.07, 6.45) is 0.667. The summed E-state index contributed by atoms with van der Waals surface area (Å²) in [6, 6.07) is 9.59. The van der Waals surface area contributed by atoms with Crippen LogP contribution < -0.4 is 14.8 Å². The van der Waals surface area contributed by atoms with Gasteiger partial charge in [-0.3, -0.25) is 9.59 Å². The summed E-state index contributed by atoms with van der Waals surface area (Å²) < 4.78 is 15.3. The summed E-state index contributed by atoms with van der Waals surface area (Å²) >= 11 is 5.89. The molecule has 1 amide bonds. The molecule has 0 aliphatic rings. The molecule has 2 aromatic rings. The van der Waals surface area contributed by atoms with Gasteiger partial charge in [-0.25, -0.2) is 4.79 Å². The lowest BCUT2D eigenvalue weighted by Gasteiger charge is -2.11. The number of esters is 1. The van der Waals surface area contributed by atoms with Gasteiger partial charge in [0.25, 0.3) is 5.91 Å². The zero-order valence-electron chi connectivity index (χ0n) is 14.8. The molecule has 0 spiro atoms. The Hall–Kier alpha value is -3.06. The van der Waals surface area contributed by atoms with E-state index < -0.39 is 25.1 Å². The standard InChI is InChI=1S/C19H18ClNO6/c1-12-3-5-14(20)8-15(12)21-18(23)10-27-19(24)11-26-16-6-4-13(9-22)7-17(16)25-2/h3-9H,10-11H2,1-2H3,(H,21,23). The van der Waals surface area contributed by atoms with E-state index in [0.717, 1.165) is 5.56 Å². The van der Waals surface area contributed by atoms with Crippen LogP contribution in [0.5, 0.6) is 11.5 Å². The summed E-state index contributed by atoms with van der Waals surface area (Å²) in [7, 11) is 1.41. The number of anilines is 1. The fraction of sp³-hybridized carbons (Fsp3) is 0.211. The Labute approximate surface area is 161 Å². The Balaban J connectivity index is 1.83. The van der Waals surface area contributed by atoms with Gasteiger partial charge in [-0.1, -0.05) is 17.7 Å². The van der Waals surface area contributed by atoms with Crippen molar-refractivity contribution >= 4 is 35.5 Å². The predicted octanol–water partition coefficient (Wildman–Crippen LogP) is 3.03. The number of ether oxygens (including phenoxy) is 3. The molecule has 0 radical (unpaired) electrons. The molecule has 1 N–H and O–H groups in total. The summed E-state index contributed by atoms with van der Waals surface area (Å²) in [5.74, 6) is -0.642. The Kier molecular flexibility index (Phi) is 7.19. The highest BCUT2D eigenvalue weighted by atomic mass is 35.5. The predicted molar refractivity (Wildman–Crippen MR) is 99.7 cm³/mol. The molecule has 0 saturated carbocycles. The van der Waals surface area contributed by atoms with Crippen molar-refractivity contribution in [2.75, 3.05) is 25.6 Å². The lowest BCUT2D eigenvalue weighted by Crippen LogP contribution is -2.24. The number of aryl methyl sites for hydroxylation is 1. The maximum absolute atomic E-state index is 11.9. The number of benzene rings is 2. The summed E-state index contributed by atoms with van der Waals surface area (Å²) in [4.78, 5) is 34.4. The lowest BCUT2D eigenvalue weighted by molar-refractivity contribution is -0.149. The van der Waals surface area contributed by atoms with Crippen LogP contribution in [0, 0.1) is 6.92 Å². The topological polar surface area (TPSA) is 90.9 Å². The number of aldehydes is 1. The van der Waals surface area contributed by atoms with Gasteiger partial charge in [0.2, 0.25) is 0 Å². The minimum Gasteiger partial charge on any atom is -0.493 e. The van der Waals surface area contributed by atoms with Crippen LogP contribution in [-0.2, 0) is 14.3 Å². The summed E-state index contributed by atoms with van der Waals surface area (Å²) in [5.41, 5.74) is 1.78. The van der Waals surface area contributed by atoms with Crippen LogP contribution in [0.4, 0.5) is 5.69 Å². The van der Waals surface area contributed by atoms with Gasteiger partial charge in [0.15, 0.2) is 24.7 Å². The third-order valence-corrected chi connectivity index (χ3v) is 3.74. The van der Waals surface area contributed by atoms with E-state index in [1.165, 1.54) is 25.3 Å². The van der Waals surface area contributed by atoms with E-state index in [0.29, 0.717) is 28.3 Å². The minimum absolute atomic E-state index is 0.277. The van der Waals surface area contributed by atoms with Crippen LogP contribution in [0.1, 0.15) is 15.9 Å². The molecule has 2 aromatic carbocycles. The number of nitrogens with one attached hydrogen (secondary N) is 1. The van der Waals surface area contributed by atoms with E-state index in [-0.39, 0.29) is 5.75 Å². The quantitative estimate of drug-likeness (QED) is 0.549.